The third-order valence-corrected chi connectivity index (χ3v) is 4.55. The number of hydrogen-bond donors (Lipinski definition) is 2. The Bertz CT molecular complexity index is 827. The Morgan fingerprint density at radius 2 is 1.69 bits per heavy atom. The van der Waals surface area contributed by atoms with Gasteiger partial charge in [-0.2, -0.15) is 0 Å². The van der Waals surface area contributed by atoms with E-state index in [2.05, 4.69) is 5.32 Å². The van der Waals surface area contributed by atoms with Crippen molar-refractivity contribution in [3.63, 3.8) is 0 Å². The number of aromatic hydroxyl groups is 1. The van der Waals surface area contributed by atoms with Crippen molar-refractivity contribution in [3.8, 4) is 5.75 Å². The van der Waals surface area contributed by atoms with Gasteiger partial charge in [0.2, 0.25) is 5.91 Å². The van der Waals surface area contributed by atoms with Crippen LogP contribution in [0.25, 0.3) is 0 Å². The summed E-state index contributed by atoms with van der Waals surface area (Å²) in [5.74, 6) is 0.243. The fourth-order valence-electron chi connectivity index (χ4n) is 2.89. The SMILES string of the molecule is O=C(C[C@H](c1ccc(Cl)cc1)n1cccc1)NCCc1ccc(O)cc1. The third kappa shape index (κ3) is 4.90. The normalized spacial score (nSPS) is 11.9. The molecule has 0 saturated carbocycles. The minimum absolute atomic E-state index is 0.00238. The lowest BCUT2D eigenvalue weighted by atomic mass is 10.0. The van der Waals surface area contributed by atoms with E-state index in [1.54, 1.807) is 12.1 Å². The predicted octanol–water partition coefficient (Wildman–Crippen LogP) is 4.19. The zero-order valence-corrected chi connectivity index (χ0v) is 15.1. The van der Waals surface area contributed by atoms with Gasteiger partial charge in [-0.15, -0.1) is 0 Å². The Balaban J connectivity index is 1.60. The molecule has 0 aliphatic carbocycles. The molecule has 0 unspecified atom stereocenters. The molecule has 0 fully saturated rings. The molecule has 3 rings (SSSR count). The van der Waals surface area contributed by atoms with E-state index in [1.165, 1.54) is 0 Å². The first-order valence-electron chi connectivity index (χ1n) is 8.54. The van der Waals surface area contributed by atoms with Gasteiger partial charge in [-0.25, -0.2) is 0 Å². The molecule has 2 N–H and O–H groups in total. The maximum absolute atomic E-state index is 12.4. The van der Waals surface area contributed by atoms with Crippen molar-refractivity contribution in [3.05, 3.63) is 89.2 Å². The third-order valence-electron chi connectivity index (χ3n) is 4.29. The van der Waals surface area contributed by atoms with Gasteiger partial charge in [-0.3, -0.25) is 4.79 Å². The summed E-state index contributed by atoms with van der Waals surface area (Å²) in [7, 11) is 0. The van der Waals surface area contributed by atoms with Gasteiger partial charge in [0, 0.05) is 24.0 Å². The molecule has 3 aromatic rings. The van der Waals surface area contributed by atoms with Crippen molar-refractivity contribution in [2.45, 2.75) is 18.9 Å². The highest BCUT2D eigenvalue weighted by Crippen LogP contribution is 2.24. The zero-order chi connectivity index (χ0) is 18.4. The highest BCUT2D eigenvalue weighted by molar-refractivity contribution is 6.30. The molecule has 1 heterocycles. The standard InChI is InChI=1S/C21H21ClN2O2/c22-18-7-5-17(6-8-18)20(24-13-1-2-14-24)15-21(26)23-12-11-16-3-9-19(25)10-4-16/h1-10,13-14,20,25H,11-12,15H2,(H,23,26)/t20-/m1/s1. The van der Waals surface area contributed by atoms with Crippen LogP contribution in [0.3, 0.4) is 0 Å². The second-order valence-corrected chi connectivity index (χ2v) is 6.60. The Morgan fingerprint density at radius 1 is 1.04 bits per heavy atom. The molecule has 4 nitrogen and oxygen atoms in total. The first-order valence-corrected chi connectivity index (χ1v) is 8.92. The summed E-state index contributed by atoms with van der Waals surface area (Å²) >= 11 is 5.98. The summed E-state index contributed by atoms with van der Waals surface area (Å²) in [5.41, 5.74) is 2.11. The molecule has 0 aliphatic heterocycles. The van der Waals surface area contributed by atoms with Gasteiger partial charge < -0.3 is 15.0 Å². The molecule has 5 heteroatoms. The number of carbonyl (C=O) groups excluding carboxylic acids is 1. The van der Waals surface area contributed by atoms with Crippen LogP contribution < -0.4 is 5.32 Å². The van der Waals surface area contributed by atoms with Crippen LogP contribution in [-0.4, -0.2) is 22.1 Å². The molecule has 2 aromatic carbocycles. The molecule has 1 atom stereocenters. The maximum Gasteiger partial charge on any atom is 0.222 e. The second-order valence-electron chi connectivity index (χ2n) is 6.17. The lowest BCUT2D eigenvalue weighted by Gasteiger charge is -2.19. The first-order chi connectivity index (χ1) is 12.6. The van der Waals surface area contributed by atoms with E-state index in [0.29, 0.717) is 18.0 Å². The Labute approximate surface area is 158 Å². The molecular weight excluding hydrogens is 348 g/mol. The highest BCUT2D eigenvalue weighted by Gasteiger charge is 2.17. The Hall–Kier alpha value is -2.72. The summed E-state index contributed by atoms with van der Waals surface area (Å²) in [6.07, 6.45) is 5.00. The van der Waals surface area contributed by atoms with E-state index in [-0.39, 0.29) is 17.7 Å². The molecule has 134 valence electrons. The van der Waals surface area contributed by atoms with Gasteiger partial charge in [0.25, 0.3) is 0 Å². The fraction of sp³-hybridized carbons (Fsp3) is 0.190. The van der Waals surface area contributed by atoms with Crippen LogP contribution in [0.15, 0.2) is 73.1 Å². The lowest BCUT2D eigenvalue weighted by molar-refractivity contribution is -0.121. The molecular formula is C21H21ClN2O2. The van der Waals surface area contributed by atoms with Gasteiger partial charge in [-0.1, -0.05) is 35.9 Å². The fourth-order valence-corrected chi connectivity index (χ4v) is 3.02. The molecule has 0 saturated heterocycles. The van der Waals surface area contributed by atoms with Crippen molar-refractivity contribution in [2.24, 2.45) is 0 Å². The van der Waals surface area contributed by atoms with E-state index in [1.807, 2.05) is 65.5 Å². The number of aromatic nitrogens is 1. The first kappa shape index (κ1) is 18.1. The number of rotatable bonds is 7. The molecule has 0 radical (unpaired) electrons. The molecule has 0 bridgehead atoms. The van der Waals surface area contributed by atoms with Gasteiger partial charge >= 0.3 is 0 Å². The number of phenols is 1. The van der Waals surface area contributed by atoms with Crippen LogP contribution in [0.1, 0.15) is 23.6 Å². The molecule has 1 amide bonds. The summed E-state index contributed by atoms with van der Waals surface area (Å²) in [4.78, 5) is 12.4. The quantitative estimate of drug-likeness (QED) is 0.657. The Kier molecular flexibility index (Phi) is 5.97. The van der Waals surface area contributed by atoms with Crippen molar-refractivity contribution in [1.82, 2.24) is 9.88 Å². The van der Waals surface area contributed by atoms with Crippen LogP contribution >= 0.6 is 11.6 Å². The summed E-state index contributed by atoms with van der Waals surface area (Å²) in [5, 5.41) is 13.0. The zero-order valence-electron chi connectivity index (χ0n) is 14.3. The number of benzene rings is 2. The summed E-state index contributed by atoms with van der Waals surface area (Å²) in [6, 6.07) is 18.4. The number of nitrogens with one attached hydrogen (secondary N) is 1. The van der Waals surface area contributed by atoms with E-state index >= 15 is 0 Å². The number of phenolic OH excluding ortho intramolecular Hbond substituents is 1. The van der Waals surface area contributed by atoms with Crippen molar-refractivity contribution in [2.75, 3.05) is 6.54 Å². The number of halogens is 1. The van der Waals surface area contributed by atoms with E-state index < -0.39 is 0 Å². The smallest absolute Gasteiger partial charge is 0.222 e. The van der Waals surface area contributed by atoms with Crippen LogP contribution in [0.4, 0.5) is 0 Å². The van der Waals surface area contributed by atoms with Crippen LogP contribution in [0, 0.1) is 0 Å². The van der Waals surface area contributed by atoms with Crippen LogP contribution in [0.5, 0.6) is 5.75 Å². The number of nitrogens with zero attached hydrogens (tertiary/aromatic N) is 1. The van der Waals surface area contributed by atoms with E-state index in [4.69, 9.17) is 11.6 Å². The molecule has 0 aliphatic rings. The Morgan fingerprint density at radius 3 is 2.35 bits per heavy atom. The monoisotopic (exact) mass is 368 g/mol. The average molecular weight is 369 g/mol. The minimum atomic E-state index is -0.0732. The highest BCUT2D eigenvalue weighted by atomic mass is 35.5. The molecule has 1 aromatic heterocycles. The van der Waals surface area contributed by atoms with Crippen molar-refractivity contribution >= 4 is 17.5 Å². The number of carbonyl (C=O) groups is 1. The van der Waals surface area contributed by atoms with Crippen LogP contribution in [0.2, 0.25) is 5.02 Å². The average Bonchev–Trinajstić information content (AvgIpc) is 3.17. The predicted molar refractivity (Wildman–Crippen MR) is 103 cm³/mol. The topological polar surface area (TPSA) is 54.3 Å². The van der Waals surface area contributed by atoms with Gasteiger partial charge in [0.1, 0.15) is 5.75 Å². The summed E-state index contributed by atoms with van der Waals surface area (Å²) < 4.78 is 2.03. The van der Waals surface area contributed by atoms with Crippen LogP contribution in [-0.2, 0) is 11.2 Å². The van der Waals surface area contributed by atoms with E-state index in [0.717, 1.165) is 17.5 Å². The largest absolute Gasteiger partial charge is 0.508 e. The number of amides is 1. The van der Waals surface area contributed by atoms with Gasteiger partial charge in [0.15, 0.2) is 0 Å². The van der Waals surface area contributed by atoms with Crippen molar-refractivity contribution < 1.29 is 9.90 Å². The minimum Gasteiger partial charge on any atom is -0.508 e. The van der Waals surface area contributed by atoms with Crippen molar-refractivity contribution in [1.29, 1.82) is 0 Å². The summed E-state index contributed by atoms with van der Waals surface area (Å²) in [6.45, 7) is 0.558. The number of hydrogen-bond acceptors (Lipinski definition) is 2. The molecule has 26 heavy (non-hydrogen) atoms. The lowest BCUT2D eigenvalue weighted by Crippen LogP contribution is -2.28. The maximum atomic E-state index is 12.4. The van der Waals surface area contributed by atoms with Gasteiger partial charge in [0.05, 0.1) is 12.5 Å². The molecule has 0 spiro atoms. The van der Waals surface area contributed by atoms with E-state index in [9.17, 15) is 9.90 Å². The second kappa shape index (κ2) is 8.59. The van der Waals surface area contributed by atoms with Gasteiger partial charge in [-0.05, 0) is 53.9 Å².